The lowest BCUT2D eigenvalue weighted by Crippen LogP contribution is -2.42. The lowest BCUT2D eigenvalue weighted by molar-refractivity contribution is 0.150. The first kappa shape index (κ1) is 14.3. The van der Waals surface area contributed by atoms with E-state index in [9.17, 15) is 22.0 Å². The number of sulfonamides is 1. The monoisotopic (exact) mass is 280 g/mol. The van der Waals surface area contributed by atoms with Crippen LogP contribution in [0.25, 0.3) is 0 Å². The molecule has 0 spiro atoms. The molecule has 0 saturated carbocycles. The maximum atomic E-state index is 13.2. The summed E-state index contributed by atoms with van der Waals surface area (Å²) >= 11 is 0. The van der Waals surface area contributed by atoms with Crippen LogP contribution in [0.15, 0.2) is 23.1 Å². The molecule has 0 aliphatic heterocycles. The van der Waals surface area contributed by atoms with Gasteiger partial charge in [0.2, 0.25) is 0 Å². The molecule has 1 rings (SSSR count). The molecule has 0 heterocycles. The van der Waals surface area contributed by atoms with E-state index in [2.05, 4.69) is 4.74 Å². The van der Waals surface area contributed by atoms with Crippen LogP contribution >= 0.6 is 0 Å². The molecule has 1 aromatic rings. The maximum absolute atomic E-state index is 13.2. The van der Waals surface area contributed by atoms with Gasteiger partial charge in [-0.15, -0.1) is 4.83 Å². The van der Waals surface area contributed by atoms with E-state index in [4.69, 9.17) is 0 Å². The van der Waals surface area contributed by atoms with Gasteiger partial charge in [0, 0.05) is 0 Å². The number of carbonyl (C=O) groups is 1. The molecule has 0 aliphatic carbocycles. The molecule has 0 saturated heterocycles. The summed E-state index contributed by atoms with van der Waals surface area (Å²) in [7, 11) is -4.55. The van der Waals surface area contributed by atoms with Crippen LogP contribution in [-0.4, -0.2) is 21.1 Å². The number of hydrazine groups is 1. The van der Waals surface area contributed by atoms with E-state index in [-0.39, 0.29) is 6.61 Å². The van der Waals surface area contributed by atoms with Gasteiger partial charge in [0.05, 0.1) is 6.61 Å². The van der Waals surface area contributed by atoms with E-state index in [0.29, 0.717) is 0 Å². The number of hydrogen-bond donors (Lipinski definition) is 2. The smallest absolute Gasteiger partial charge is 0.422 e. The van der Waals surface area contributed by atoms with Crippen molar-refractivity contribution in [2.75, 3.05) is 6.61 Å². The van der Waals surface area contributed by atoms with Gasteiger partial charge in [-0.2, -0.15) is 0 Å². The summed E-state index contributed by atoms with van der Waals surface area (Å²) in [6.45, 7) is 1.52. The Bertz CT molecular complexity index is 527. The third-order valence-corrected chi connectivity index (χ3v) is 3.05. The van der Waals surface area contributed by atoms with Gasteiger partial charge in [0.15, 0.2) is 4.90 Å². The van der Waals surface area contributed by atoms with Crippen LogP contribution in [0, 0.1) is 11.6 Å². The normalized spacial score (nSPS) is 11.1. The Morgan fingerprint density at radius 2 is 1.89 bits per heavy atom. The fourth-order valence-electron chi connectivity index (χ4n) is 1.07. The highest BCUT2D eigenvalue weighted by Gasteiger charge is 2.24. The zero-order valence-corrected chi connectivity index (χ0v) is 10.1. The summed E-state index contributed by atoms with van der Waals surface area (Å²) in [5.74, 6) is -2.54. The summed E-state index contributed by atoms with van der Waals surface area (Å²) < 4.78 is 53.8. The van der Waals surface area contributed by atoms with E-state index in [1.54, 1.807) is 5.43 Å². The van der Waals surface area contributed by atoms with Gasteiger partial charge in [0.1, 0.15) is 11.6 Å². The molecule has 0 aliphatic rings. The number of carbonyl (C=O) groups excluding carboxylic acids is 1. The van der Waals surface area contributed by atoms with Crippen molar-refractivity contribution < 1.29 is 26.7 Å². The van der Waals surface area contributed by atoms with Crippen LogP contribution < -0.4 is 10.3 Å². The average Bonchev–Trinajstić information content (AvgIpc) is 2.26. The van der Waals surface area contributed by atoms with E-state index >= 15 is 0 Å². The summed E-state index contributed by atoms with van der Waals surface area (Å²) in [5.41, 5.74) is 1.64. The van der Waals surface area contributed by atoms with Crippen LogP contribution in [0.2, 0.25) is 0 Å². The van der Waals surface area contributed by atoms with Crippen molar-refractivity contribution >= 4 is 16.1 Å². The van der Waals surface area contributed by atoms with E-state index in [1.165, 1.54) is 11.8 Å². The van der Waals surface area contributed by atoms with Crippen molar-refractivity contribution in [3.63, 3.8) is 0 Å². The number of hydrogen-bond acceptors (Lipinski definition) is 4. The molecule has 0 unspecified atom stereocenters. The Hall–Kier alpha value is -1.74. The van der Waals surface area contributed by atoms with Crippen LogP contribution in [0.5, 0.6) is 0 Å². The third-order valence-electron chi connectivity index (χ3n) is 1.75. The summed E-state index contributed by atoms with van der Waals surface area (Å²) in [6, 6.07) is 2.58. The highest BCUT2D eigenvalue weighted by Crippen LogP contribution is 2.17. The predicted octanol–water partition coefficient (Wildman–Crippen LogP) is 0.904. The lowest BCUT2D eigenvalue weighted by atomic mass is 10.3. The average molecular weight is 280 g/mol. The van der Waals surface area contributed by atoms with Crippen LogP contribution in [-0.2, 0) is 14.8 Å². The van der Waals surface area contributed by atoms with Crippen molar-refractivity contribution in [2.24, 2.45) is 0 Å². The van der Waals surface area contributed by atoms with Crippen LogP contribution in [0.4, 0.5) is 13.6 Å². The lowest BCUT2D eigenvalue weighted by Gasteiger charge is -2.09. The molecule has 0 fully saturated rings. The highest BCUT2D eigenvalue weighted by atomic mass is 32.2. The minimum atomic E-state index is -4.55. The van der Waals surface area contributed by atoms with Crippen molar-refractivity contribution in [1.82, 2.24) is 10.3 Å². The second kappa shape index (κ2) is 5.74. The molecule has 2 N–H and O–H groups in total. The SMILES string of the molecule is CCOC(=O)NNS(=O)(=O)c1c(F)cccc1F. The quantitative estimate of drug-likeness (QED) is 0.803. The molecule has 1 aromatic carbocycles. The number of ether oxygens (including phenoxy) is 1. The molecule has 100 valence electrons. The highest BCUT2D eigenvalue weighted by molar-refractivity contribution is 7.89. The van der Waals surface area contributed by atoms with Crippen molar-refractivity contribution in [1.29, 1.82) is 0 Å². The van der Waals surface area contributed by atoms with Gasteiger partial charge in [-0.1, -0.05) is 6.07 Å². The van der Waals surface area contributed by atoms with Gasteiger partial charge >= 0.3 is 6.09 Å². The van der Waals surface area contributed by atoms with Crippen molar-refractivity contribution in [3.8, 4) is 0 Å². The van der Waals surface area contributed by atoms with Gasteiger partial charge in [-0.3, -0.25) is 0 Å². The van der Waals surface area contributed by atoms with Gasteiger partial charge in [0.25, 0.3) is 10.0 Å². The number of nitrogens with one attached hydrogen (secondary N) is 2. The second-order valence-corrected chi connectivity index (χ2v) is 4.62. The summed E-state index contributed by atoms with van der Waals surface area (Å²) in [4.78, 5) is 11.2. The molecular formula is C9H10F2N2O4S. The Balaban J connectivity index is 2.91. The number of benzene rings is 1. The second-order valence-electron chi connectivity index (χ2n) is 3.00. The largest absolute Gasteiger partial charge is 0.449 e. The molecule has 0 aromatic heterocycles. The minimum absolute atomic E-state index is 0.0155. The molecule has 0 radical (unpaired) electrons. The molecule has 1 amide bonds. The number of halogens is 2. The Kier molecular flexibility index (Phi) is 4.56. The Morgan fingerprint density at radius 1 is 1.33 bits per heavy atom. The molecule has 9 heteroatoms. The maximum Gasteiger partial charge on any atom is 0.422 e. The summed E-state index contributed by atoms with van der Waals surface area (Å²) in [6.07, 6.45) is -1.09. The molecule has 0 atom stereocenters. The number of amides is 1. The van der Waals surface area contributed by atoms with Crippen LogP contribution in [0.1, 0.15) is 6.92 Å². The minimum Gasteiger partial charge on any atom is -0.449 e. The number of rotatable bonds is 4. The van der Waals surface area contributed by atoms with Gasteiger partial charge in [-0.05, 0) is 19.1 Å². The molecular weight excluding hydrogens is 270 g/mol. The Labute approximate surface area is 102 Å². The predicted molar refractivity (Wildman–Crippen MR) is 56.8 cm³/mol. The van der Waals surface area contributed by atoms with Crippen molar-refractivity contribution in [2.45, 2.75) is 11.8 Å². The van der Waals surface area contributed by atoms with Gasteiger partial charge in [-0.25, -0.2) is 27.4 Å². The van der Waals surface area contributed by atoms with Crippen LogP contribution in [0.3, 0.4) is 0 Å². The fraction of sp³-hybridized carbons (Fsp3) is 0.222. The van der Waals surface area contributed by atoms with Crippen molar-refractivity contribution in [3.05, 3.63) is 29.8 Å². The molecule has 0 bridgehead atoms. The zero-order valence-electron chi connectivity index (χ0n) is 9.24. The fourth-order valence-corrected chi connectivity index (χ4v) is 2.04. The summed E-state index contributed by atoms with van der Waals surface area (Å²) in [5, 5.41) is 0. The van der Waals surface area contributed by atoms with E-state index in [1.807, 2.05) is 0 Å². The first-order valence-electron chi connectivity index (χ1n) is 4.77. The topological polar surface area (TPSA) is 84.5 Å². The zero-order chi connectivity index (χ0) is 13.8. The first-order chi connectivity index (χ1) is 8.38. The third kappa shape index (κ3) is 3.37. The molecule has 6 nitrogen and oxygen atoms in total. The standard InChI is InChI=1S/C9H10F2N2O4S/c1-2-17-9(14)12-13-18(15,16)8-6(10)4-3-5-7(8)11/h3-5,13H,2H2,1H3,(H,12,14). The first-order valence-corrected chi connectivity index (χ1v) is 6.25. The van der Waals surface area contributed by atoms with E-state index in [0.717, 1.165) is 18.2 Å². The Morgan fingerprint density at radius 3 is 2.39 bits per heavy atom. The molecule has 18 heavy (non-hydrogen) atoms. The van der Waals surface area contributed by atoms with E-state index < -0.39 is 32.6 Å². The van der Waals surface area contributed by atoms with Gasteiger partial charge < -0.3 is 4.74 Å².